The molecule has 0 aromatic heterocycles. The summed E-state index contributed by atoms with van der Waals surface area (Å²) in [5.41, 5.74) is 0. The molecule has 0 saturated carbocycles. The molecule has 1 aliphatic heterocycles. The van der Waals surface area contributed by atoms with Gasteiger partial charge in [-0.15, -0.1) is 0 Å². The smallest absolute Gasteiger partial charge is 0.0933 e. The van der Waals surface area contributed by atoms with Crippen molar-refractivity contribution in [3.05, 3.63) is 0 Å². The zero-order valence-corrected chi connectivity index (χ0v) is 6.59. The summed E-state index contributed by atoms with van der Waals surface area (Å²) in [4.78, 5) is 0. The SMILES string of the molecule is COCC1CN[C@@H](C)CO1. The monoisotopic (exact) mass is 145 g/mol. The van der Waals surface area contributed by atoms with E-state index in [1.807, 2.05) is 0 Å². The van der Waals surface area contributed by atoms with Gasteiger partial charge in [0, 0.05) is 19.7 Å². The van der Waals surface area contributed by atoms with E-state index in [4.69, 9.17) is 9.47 Å². The Morgan fingerprint density at radius 3 is 3.00 bits per heavy atom. The van der Waals surface area contributed by atoms with Gasteiger partial charge in [-0.1, -0.05) is 0 Å². The molecule has 1 aliphatic rings. The van der Waals surface area contributed by atoms with Crippen LogP contribution < -0.4 is 5.32 Å². The van der Waals surface area contributed by atoms with Gasteiger partial charge in [0.15, 0.2) is 0 Å². The molecule has 1 N–H and O–H groups in total. The Bertz CT molecular complexity index is 89.6. The zero-order chi connectivity index (χ0) is 7.40. The average Bonchev–Trinajstić information content (AvgIpc) is 1.95. The van der Waals surface area contributed by atoms with Crippen LogP contribution in [0.3, 0.4) is 0 Å². The minimum atomic E-state index is 0.251. The van der Waals surface area contributed by atoms with Crippen molar-refractivity contribution < 1.29 is 9.47 Å². The second kappa shape index (κ2) is 3.91. The van der Waals surface area contributed by atoms with Crippen LogP contribution in [-0.2, 0) is 9.47 Å². The number of morpholine rings is 1. The molecule has 0 radical (unpaired) electrons. The van der Waals surface area contributed by atoms with Crippen molar-refractivity contribution in [1.29, 1.82) is 0 Å². The van der Waals surface area contributed by atoms with Gasteiger partial charge >= 0.3 is 0 Å². The predicted octanol–water partition coefficient (Wildman–Crippen LogP) is 0.00970. The highest BCUT2D eigenvalue weighted by molar-refractivity contribution is 4.71. The molecule has 1 heterocycles. The van der Waals surface area contributed by atoms with Crippen LogP contribution in [0.4, 0.5) is 0 Å². The molecular weight excluding hydrogens is 130 g/mol. The molecule has 0 aliphatic carbocycles. The molecule has 0 amide bonds. The summed E-state index contributed by atoms with van der Waals surface area (Å²) in [5.74, 6) is 0. The van der Waals surface area contributed by atoms with Gasteiger partial charge in [0.05, 0.1) is 19.3 Å². The quantitative estimate of drug-likeness (QED) is 0.593. The van der Waals surface area contributed by atoms with Crippen LogP contribution in [0, 0.1) is 0 Å². The van der Waals surface area contributed by atoms with E-state index in [1.165, 1.54) is 0 Å². The Morgan fingerprint density at radius 1 is 1.70 bits per heavy atom. The van der Waals surface area contributed by atoms with Crippen molar-refractivity contribution in [2.24, 2.45) is 0 Å². The van der Waals surface area contributed by atoms with Crippen molar-refractivity contribution in [2.45, 2.75) is 19.1 Å². The van der Waals surface area contributed by atoms with Crippen LogP contribution in [-0.4, -0.2) is 39.0 Å². The molecule has 10 heavy (non-hydrogen) atoms. The van der Waals surface area contributed by atoms with Crippen LogP contribution in [0.2, 0.25) is 0 Å². The molecule has 0 bridgehead atoms. The van der Waals surface area contributed by atoms with Gasteiger partial charge in [0.1, 0.15) is 0 Å². The summed E-state index contributed by atoms with van der Waals surface area (Å²) < 4.78 is 10.4. The summed E-state index contributed by atoms with van der Waals surface area (Å²) in [6.07, 6.45) is 0.251. The molecule has 1 rings (SSSR count). The van der Waals surface area contributed by atoms with Crippen molar-refractivity contribution in [3.63, 3.8) is 0 Å². The maximum Gasteiger partial charge on any atom is 0.0933 e. The predicted molar refractivity (Wildman–Crippen MR) is 39.1 cm³/mol. The van der Waals surface area contributed by atoms with E-state index in [1.54, 1.807) is 7.11 Å². The Hall–Kier alpha value is -0.120. The topological polar surface area (TPSA) is 30.5 Å². The second-order valence-corrected chi connectivity index (χ2v) is 2.72. The van der Waals surface area contributed by atoms with Crippen LogP contribution in [0.15, 0.2) is 0 Å². The number of nitrogens with one attached hydrogen (secondary N) is 1. The fraction of sp³-hybridized carbons (Fsp3) is 1.00. The van der Waals surface area contributed by atoms with Crippen molar-refractivity contribution in [1.82, 2.24) is 5.32 Å². The molecule has 3 nitrogen and oxygen atoms in total. The lowest BCUT2D eigenvalue weighted by atomic mass is 10.2. The molecule has 60 valence electrons. The Kier molecular flexibility index (Phi) is 3.12. The van der Waals surface area contributed by atoms with Gasteiger partial charge in [-0.25, -0.2) is 0 Å². The highest BCUT2D eigenvalue weighted by Gasteiger charge is 2.16. The van der Waals surface area contributed by atoms with Gasteiger partial charge in [0.2, 0.25) is 0 Å². The standard InChI is InChI=1S/C7H15NO2/c1-6-4-10-7(3-8-6)5-9-2/h6-8H,3-5H2,1-2H3/t6-,7?/m0/s1. The summed E-state index contributed by atoms with van der Waals surface area (Å²) in [7, 11) is 1.70. The normalized spacial score (nSPS) is 34.2. The lowest BCUT2D eigenvalue weighted by Crippen LogP contribution is -2.46. The molecule has 2 atom stereocenters. The number of hydrogen-bond donors (Lipinski definition) is 1. The number of ether oxygens (including phenoxy) is 2. The van der Waals surface area contributed by atoms with Crippen molar-refractivity contribution in [3.8, 4) is 0 Å². The largest absolute Gasteiger partial charge is 0.382 e. The van der Waals surface area contributed by atoms with Gasteiger partial charge in [0.25, 0.3) is 0 Å². The molecule has 1 fully saturated rings. The molecular formula is C7H15NO2. The van der Waals surface area contributed by atoms with E-state index >= 15 is 0 Å². The maximum absolute atomic E-state index is 5.44. The van der Waals surface area contributed by atoms with Gasteiger partial charge in [-0.2, -0.15) is 0 Å². The van der Waals surface area contributed by atoms with Gasteiger partial charge < -0.3 is 14.8 Å². The van der Waals surface area contributed by atoms with E-state index in [9.17, 15) is 0 Å². The van der Waals surface area contributed by atoms with E-state index in [2.05, 4.69) is 12.2 Å². The molecule has 0 aromatic carbocycles. The molecule has 0 spiro atoms. The van der Waals surface area contributed by atoms with Gasteiger partial charge in [-0.3, -0.25) is 0 Å². The highest BCUT2D eigenvalue weighted by Crippen LogP contribution is 1.99. The third-order valence-corrected chi connectivity index (χ3v) is 1.63. The number of rotatable bonds is 2. The lowest BCUT2D eigenvalue weighted by Gasteiger charge is -2.27. The summed E-state index contributed by atoms with van der Waals surface area (Å²) in [6, 6.07) is 0.494. The third kappa shape index (κ3) is 2.25. The number of hydrogen-bond acceptors (Lipinski definition) is 3. The minimum Gasteiger partial charge on any atom is -0.382 e. The second-order valence-electron chi connectivity index (χ2n) is 2.72. The Labute approximate surface area is 61.7 Å². The maximum atomic E-state index is 5.44. The van der Waals surface area contributed by atoms with Crippen LogP contribution >= 0.6 is 0 Å². The summed E-state index contributed by atoms with van der Waals surface area (Å²) in [6.45, 7) is 4.52. The zero-order valence-electron chi connectivity index (χ0n) is 6.59. The third-order valence-electron chi connectivity index (χ3n) is 1.63. The first kappa shape index (κ1) is 7.98. The van der Waals surface area contributed by atoms with E-state index in [0.717, 1.165) is 13.2 Å². The van der Waals surface area contributed by atoms with Crippen LogP contribution in [0.1, 0.15) is 6.92 Å². The average molecular weight is 145 g/mol. The van der Waals surface area contributed by atoms with E-state index in [0.29, 0.717) is 12.6 Å². The molecule has 1 unspecified atom stereocenters. The fourth-order valence-electron chi connectivity index (χ4n) is 1.02. The van der Waals surface area contributed by atoms with E-state index < -0.39 is 0 Å². The Balaban J connectivity index is 2.13. The van der Waals surface area contributed by atoms with Crippen molar-refractivity contribution in [2.75, 3.05) is 26.9 Å². The van der Waals surface area contributed by atoms with Crippen LogP contribution in [0.5, 0.6) is 0 Å². The highest BCUT2D eigenvalue weighted by atomic mass is 16.5. The van der Waals surface area contributed by atoms with E-state index in [-0.39, 0.29) is 6.10 Å². The molecule has 0 aromatic rings. The summed E-state index contributed by atoms with van der Waals surface area (Å²) in [5, 5.41) is 3.31. The van der Waals surface area contributed by atoms with Crippen LogP contribution in [0.25, 0.3) is 0 Å². The van der Waals surface area contributed by atoms with Crippen molar-refractivity contribution >= 4 is 0 Å². The first-order valence-electron chi connectivity index (χ1n) is 3.67. The lowest BCUT2D eigenvalue weighted by molar-refractivity contribution is -0.0330. The molecule has 3 heteroatoms. The fourth-order valence-corrected chi connectivity index (χ4v) is 1.02. The first-order chi connectivity index (χ1) is 4.83. The first-order valence-corrected chi connectivity index (χ1v) is 3.67. The summed E-state index contributed by atoms with van der Waals surface area (Å²) >= 11 is 0. The minimum absolute atomic E-state index is 0.251. The molecule has 1 saturated heterocycles. The Morgan fingerprint density at radius 2 is 2.50 bits per heavy atom. The van der Waals surface area contributed by atoms with Gasteiger partial charge in [-0.05, 0) is 6.92 Å². The number of methoxy groups -OCH3 is 1.